The van der Waals surface area contributed by atoms with Gasteiger partial charge >= 0.3 is 0 Å². The van der Waals surface area contributed by atoms with Crippen LogP contribution in [0, 0.1) is 24.4 Å². The lowest BCUT2D eigenvalue weighted by molar-refractivity contribution is -0.132. The molecule has 2 aliphatic heterocycles. The summed E-state index contributed by atoms with van der Waals surface area (Å²) in [6.45, 7) is 11.4. The summed E-state index contributed by atoms with van der Waals surface area (Å²) in [4.78, 5) is 59.2. The highest BCUT2D eigenvalue weighted by molar-refractivity contribution is 6.00. The molecule has 408 valence electrons. The van der Waals surface area contributed by atoms with Crippen LogP contribution in [0.4, 0.5) is 45.2 Å². The SMILES string of the molecule is Cc1ccc(Nc2c(C(=O)NOCCOCCOCCN(C)CCN(C)CCOCCOCCC(=O)N3CCN(c4nc(N5CCOCC5)nc(-n5c(C(F)F)nc6ccccc65)n4)CC3)ccc(F)c2F)c(F)c1. The maximum absolute atomic E-state index is 14.7. The fraction of sp³-hybridized carbons (Fsp3) is 0.520. The van der Waals surface area contributed by atoms with Gasteiger partial charge in [-0.3, -0.25) is 19.0 Å². The number of carbonyl (C=O) groups excluding carboxylic acids is 2. The first-order valence-electron chi connectivity index (χ1n) is 24.8. The Morgan fingerprint density at radius 1 is 0.680 bits per heavy atom. The number of hydroxylamine groups is 1. The number of aryl methyl sites for hydroxylation is 1. The third-order valence-electron chi connectivity index (χ3n) is 12.3. The van der Waals surface area contributed by atoms with E-state index in [0.717, 1.165) is 31.8 Å². The number of halogens is 5. The molecule has 20 nitrogen and oxygen atoms in total. The van der Waals surface area contributed by atoms with Crippen LogP contribution in [0.5, 0.6) is 0 Å². The van der Waals surface area contributed by atoms with E-state index in [1.165, 1.54) is 16.7 Å². The minimum atomic E-state index is -2.86. The highest BCUT2D eigenvalue weighted by atomic mass is 19.3. The Morgan fingerprint density at radius 3 is 1.93 bits per heavy atom. The molecule has 75 heavy (non-hydrogen) atoms. The summed E-state index contributed by atoms with van der Waals surface area (Å²) in [5.74, 6) is -3.83. The number of morpholine rings is 1. The van der Waals surface area contributed by atoms with E-state index >= 15 is 0 Å². The van der Waals surface area contributed by atoms with Gasteiger partial charge < -0.3 is 53.5 Å². The molecule has 2 aromatic heterocycles. The molecular formula is C50H65F5N12O8. The fourth-order valence-corrected chi connectivity index (χ4v) is 8.00. The van der Waals surface area contributed by atoms with Crippen molar-refractivity contribution < 1.29 is 60.1 Å². The number of rotatable bonds is 29. The number of alkyl halides is 2. The quantitative estimate of drug-likeness (QED) is 0.0378. The van der Waals surface area contributed by atoms with Crippen molar-refractivity contribution in [2.75, 3.05) is 167 Å². The van der Waals surface area contributed by atoms with Crippen LogP contribution in [0.25, 0.3) is 17.0 Å². The molecular weight excluding hydrogens is 992 g/mol. The Morgan fingerprint density at radius 2 is 1.28 bits per heavy atom. The normalized spacial score (nSPS) is 14.3. The van der Waals surface area contributed by atoms with Crippen LogP contribution in [-0.2, 0) is 33.3 Å². The van der Waals surface area contributed by atoms with Crippen molar-refractivity contribution >= 4 is 46.1 Å². The second-order valence-corrected chi connectivity index (χ2v) is 17.8. The standard InChI is InChI=1S/C50H65F5N12O8/c1-35-8-11-39(38(52)34-35)56-44-36(9-10-37(51)43(44)53)47(69)61-75-33-32-74-31-30-73-25-20-63(3)14-13-62(2)19-24-72-29-28-70-23-12-42(68)64-15-17-65(18-16-64)48-58-49(66-21-26-71-27-22-66)60-50(59-48)67-41-7-5-4-6-40(41)57-46(67)45(54)55/h4-11,34,45,56H,12-33H2,1-3H3,(H,61,69). The summed E-state index contributed by atoms with van der Waals surface area (Å²) in [6, 6.07) is 12.9. The molecule has 25 heteroatoms. The number of carbonyl (C=O) groups is 2. The topological polar surface area (TPSA) is 186 Å². The minimum Gasteiger partial charge on any atom is -0.379 e. The van der Waals surface area contributed by atoms with Crippen molar-refractivity contribution in [3.05, 3.63) is 89.0 Å². The van der Waals surface area contributed by atoms with Crippen molar-refractivity contribution in [3.63, 3.8) is 0 Å². The number of nitrogens with zero attached hydrogens (tertiary/aromatic N) is 10. The Balaban J connectivity index is 0.693. The fourth-order valence-electron chi connectivity index (χ4n) is 8.00. The van der Waals surface area contributed by atoms with Gasteiger partial charge in [0.25, 0.3) is 12.3 Å². The molecule has 0 unspecified atom stereocenters. The molecule has 3 aromatic carbocycles. The van der Waals surface area contributed by atoms with Gasteiger partial charge in [0.15, 0.2) is 17.5 Å². The number of amides is 2. The lowest BCUT2D eigenvalue weighted by Crippen LogP contribution is -2.49. The van der Waals surface area contributed by atoms with Crippen molar-refractivity contribution in [2.45, 2.75) is 19.8 Å². The van der Waals surface area contributed by atoms with Crippen LogP contribution in [0.1, 0.15) is 34.6 Å². The van der Waals surface area contributed by atoms with Gasteiger partial charge in [0, 0.05) is 65.4 Å². The molecule has 5 aromatic rings. The molecule has 0 bridgehead atoms. The number of para-hydroxylation sites is 2. The van der Waals surface area contributed by atoms with E-state index in [4.69, 9.17) is 33.5 Å². The largest absolute Gasteiger partial charge is 0.379 e. The summed E-state index contributed by atoms with van der Waals surface area (Å²) in [6.07, 6.45) is -2.63. The number of anilines is 4. The Bertz CT molecular complexity index is 2620. The van der Waals surface area contributed by atoms with Crippen LogP contribution in [0.15, 0.2) is 54.6 Å². The number of ether oxygens (including phenoxy) is 5. The molecule has 0 spiro atoms. The monoisotopic (exact) mass is 1060 g/mol. The number of aromatic nitrogens is 5. The van der Waals surface area contributed by atoms with Crippen LogP contribution < -0.4 is 20.6 Å². The number of imidazole rings is 1. The molecule has 7 rings (SSSR count). The van der Waals surface area contributed by atoms with Crippen molar-refractivity contribution in [3.8, 4) is 5.95 Å². The zero-order valence-electron chi connectivity index (χ0n) is 42.5. The zero-order chi connectivity index (χ0) is 53.1. The molecule has 2 saturated heterocycles. The summed E-state index contributed by atoms with van der Waals surface area (Å²) < 4.78 is 101. The van der Waals surface area contributed by atoms with E-state index in [0.29, 0.717) is 127 Å². The van der Waals surface area contributed by atoms with Crippen LogP contribution in [0.3, 0.4) is 0 Å². The number of benzene rings is 3. The van der Waals surface area contributed by atoms with E-state index in [9.17, 15) is 31.5 Å². The zero-order valence-corrected chi connectivity index (χ0v) is 42.5. The number of likely N-dealkylation sites (N-methyl/N-ethyl adjacent to an activating group) is 2. The van der Waals surface area contributed by atoms with Gasteiger partial charge in [-0.25, -0.2) is 32.4 Å². The Labute approximate surface area is 431 Å². The molecule has 0 saturated carbocycles. The number of piperazine rings is 1. The minimum absolute atomic E-state index is 0.0261. The molecule has 0 radical (unpaired) electrons. The van der Waals surface area contributed by atoms with Crippen LogP contribution in [0.2, 0.25) is 0 Å². The van der Waals surface area contributed by atoms with E-state index in [-0.39, 0.29) is 49.3 Å². The molecule has 2 N–H and O–H groups in total. The van der Waals surface area contributed by atoms with Gasteiger partial charge in [-0.15, -0.1) is 0 Å². The van der Waals surface area contributed by atoms with Gasteiger partial charge in [0.05, 0.1) is 107 Å². The lowest BCUT2D eigenvalue weighted by Gasteiger charge is -2.35. The summed E-state index contributed by atoms with van der Waals surface area (Å²) in [7, 11) is 4.03. The van der Waals surface area contributed by atoms with Gasteiger partial charge in [0.1, 0.15) is 5.82 Å². The summed E-state index contributed by atoms with van der Waals surface area (Å²) >= 11 is 0. The first-order valence-corrected chi connectivity index (χ1v) is 24.8. The number of fused-ring (bicyclic) bond motifs is 1. The maximum atomic E-state index is 14.7. The van der Waals surface area contributed by atoms with E-state index in [2.05, 4.69) is 35.5 Å². The molecule has 0 aliphatic carbocycles. The molecule has 0 atom stereocenters. The first-order chi connectivity index (χ1) is 36.4. The Kier molecular flexibility index (Phi) is 21.6. The lowest BCUT2D eigenvalue weighted by atomic mass is 10.1. The highest BCUT2D eigenvalue weighted by Crippen LogP contribution is 2.30. The third kappa shape index (κ3) is 16.4. The Hall–Kier alpha value is -6.19. The number of hydrogen-bond acceptors (Lipinski definition) is 17. The first kappa shape index (κ1) is 56.5. The smallest absolute Gasteiger partial charge is 0.296 e. The third-order valence-corrected chi connectivity index (χ3v) is 12.3. The van der Waals surface area contributed by atoms with Crippen molar-refractivity contribution in [1.29, 1.82) is 0 Å². The van der Waals surface area contributed by atoms with Gasteiger partial charge in [-0.1, -0.05) is 18.2 Å². The van der Waals surface area contributed by atoms with E-state index in [1.807, 2.05) is 23.9 Å². The predicted molar refractivity (Wildman–Crippen MR) is 268 cm³/mol. The summed E-state index contributed by atoms with van der Waals surface area (Å²) in [5, 5.41) is 2.47. The van der Waals surface area contributed by atoms with Gasteiger partial charge in [-0.05, 0) is 63.0 Å². The van der Waals surface area contributed by atoms with Crippen molar-refractivity contribution in [1.82, 2.24) is 44.7 Å². The van der Waals surface area contributed by atoms with Gasteiger partial charge in [-0.2, -0.15) is 15.0 Å². The van der Waals surface area contributed by atoms with Crippen molar-refractivity contribution in [2.24, 2.45) is 0 Å². The maximum Gasteiger partial charge on any atom is 0.296 e. The molecule has 2 aliphatic rings. The molecule has 2 fully saturated rings. The molecule has 2 amide bonds. The second kappa shape index (κ2) is 28.6. The summed E-state index contributed by atoms with van der Waals surface area (Å²) in [5.41, 5.74) is 2.73. The predicted octanol–water partition coefficient (Wildman–Crippen LogP) is 4.78. The van der Waals surface area contributed by atoms with Gasteiger partial charge in [0.2, 0.25) is 23.8 Å². The average molecular weight is 1060 g/mol. The van der Waals surface area contributed by atoms with E-state index in [1.54, 1.807) is 42.2 Å². The molecule has 4 heterocycles. The highest BCUT2D eigenvalue weighted by Gasteiger charge is 2.28. The number of hydrogen-bond donors (Lipinski definition) is 2. The van der Waals surface area contributed by atoms with E-state index < -0.39 is 41.3 Å². The average Bonchev–Trinajstić information content (AvgIpc) is 3.82. The van der Waals surface area contributed by atoms with Crippen LogP contribution in [-0.4, -0.2) is 203 Å². The van der Waals surface area contributed by atoms with Crippen LogP contribution >= 0.6 is 0 Å². The number of nitrogens with one attached hydrogen (secondary N) is 2. The second-order valence-electron chi connectivity index (χ2n) is 17.8.